The number of nitrogens with two attached hydrogens (primary N) is 1. The van der Waals surface area contributed by atoms with Crippen LogP contribution in [0.5, 0.6) is 0 Å². The van der Waals surface area contributed by atoms with Crippen LogP contribution in [0.15, 0.2) is 97.2 Å². The lowest BCUT2D eigenvalue weighted by molar-refractivity contribution is 0.203. The van der Waals surface area contributed by atoms with Gasteiger partial charge in [-0.1, -0.05) is 78.9 Å². The van der Waals surface area contributed by atoms with Gasteiger partial charge in [0.05, 0.1) is 0 Å². The largest absolute Gasteiger partial charge is 0.328 e. The van der Waals surface area contributed by atoms with Gasteiger partial charge in [-0.2, -0.15) is 0 Å². The molecule has 0 saturated heterocycles. The van der Waals surface area contributed by atoms with Crippen LogP contribution in [-0.2, 0) is 13.1 Å². The first-order valence-corrected chi connectivity index (χ1v) is 9.42. The lowest BCUT2D eigenvalue weighted by atomic mass is 10.1. The van der Waals surface area contributed by atoms with E-state index in [-0.39, 0.29) is 6.17 Å². The standard InChI is InChI=1S/C24H25N3/c25-18-21-11-7-14-23(17-21)27-16-8-15-26(19-20-9-3-1-4-10-20)24(27)22-12-5-2-6-13-22/h1-14,16-17,24H,15,18-19,25H2. The van der Waals surface area contributed by atoms with E-state index in [0.29, 0.717) is 6.54 Å². The van der Waals surface area contributed by atoms with Crippen LogP contribution in [0, 0.1) is 0 Å². The number of benzene rings is 3. The maximum Gasteiger partial charge on any atom is 0.113 e. The third-order valence-electron chi connectivity index (χ3n) is 4.99. The van der Waals surface area contributed by atoms with E-state index in [4.69, 9.17) is 5.73 Å². The van der Waals surface area contributed by atoms with Crippen LogP contribution in [0.1, 0.15) is 22.9 Å². The van der Waals surface area contributed by atoms with Crippen molar-refractivity contribution in [1.29, 1.82) is 0 Å². The quantitative estimate of drug-likeness (QED) is 0.721. The number of nitrogens with zero attached hydrogens (tertiary/aromatic N) is 2. The second-order valence-corrected chi connectivity index (χ2v) is 6.87. The van der Waals surface area contributed by atoms with Crippen molar-refractivity contribution in [2.75, 3.05) is 11.4 Å². The lowest BCUT2D eigenvalue weighted by Gasteiger charge is -2.42. The topological polar surface area (TPSA) is 32.5 Å². The monoisotopic (exact) mass is 355 g/mol. The van der Waals surface area contributed by atoms with Crippen LogP contribution >= 0.6 is 0 Å². The van der Waals surface area contributed by atoms with Gasteiger partial charge in [-0.15, -0.1) is 0 Å². The summed E-state index contributed by atoms with van der Waals surface area (Å²) in [6.07, 6.45) is 4.58. The molecule has 136 valence electrons. The number of hydrogen-bond acceptors (Lipinski definition) is 3. The Morgan fingerprint density at radius 2 is 1.52 bits per heavy atom. The fraction of sp³-hybridized carbons (Fsp3) is 0.167. The molecule has 1 aliphatic rings. The molecule has 0 fully saturated rings. The van der Waals surface area contributed by atoms with Crippen molar-refractivity contribution in [1.82, 2.24) is 4.90 Å². The van der Waals surface area contributed by atoms with E-state index >= 15 is 0 Å². The Morgan fingerprint density at radius 1 is 0.815 bits per heavy atom. The van der Waals surface area contributed by atoms with Crippen molar-refractivity contribution in [3.05, 3.63) is 114 Å². The summed E-state index contributed by atoms with van der Waals surface area (Å²) in [4.78, 5) is 4.85. The van der Waals surface area contributed by atoms with Crippen LogP contribution in [-0.4, -0.2) is 11.4 Å². The van der Waals surface area contributed by atoms with E-state index in [1.165, 1.54) is 16.8 Å². The fourth-order valence-corrected chi connectivity index (χ4v) is 3.69. The average molecular weight is 355 g/mol. The summed E-state index contributed by atoms with van der Waals surface area (Å²) >= 11 is 0. The zero-order chi connectivity index (χ0) is 18.5. The molecule has 0 saturated carbocycles. The Bertz CT molecular complexity index is 890. The number of anilines is 1. The van der Waals surface area contributed by atoms with Crippen LogP contribution in [0.3, 0.4) is 0 Å². The molecule has 0 amide bonds. The van der Waals surface area contributed by atoms with Gasteiger partial charge >= 0.3 is 0 Å². The van der Waals surface area contributed by atoms with Gasteiger partial charge in [0.1, 0.15) is 6.17 Å². The highest BCUT2D eigenvalue weighted by Gasteiger charge is 2.28. The van der Waals surface area contributed by atoms with E-state index < -0.39 is 0 Å². The zero-order valence-corrected chi connectivity index (χ0v) is 15.4. The van der Waals surface area contributed by atoms with Crippen LogP contribution < -0.4 is 10.6 Å². The Hall–Kier alpha value is -2.88. The van der Waals surface area contributed by atoms with E-state index in [9.17, 15) is 0 Å². The highest BCUT2D eigenvalue weighted by Crippen LogP contribution is 2.34. The van der Waals surface area contributed by atoms with Gasteiger partial charge in [-0.25, -0.2) is 0 Å². The molecule has 1 aliphatic heterocycles. The predicted octanol–water partition coefficient (Wildman–Crippen LogP) is 4.68. The van der Waals surface area contributed by atoms with Gasteiger partial charge in [0.2, 0.25) is 0 Å². The molecule has 1 heterocycles. The Kier molecular flexibility index (Phi) is 5.33. The molecular formula is C24H25N3. The molecular weight excluding hydrogens is 330 g/mol. The van der Waals surface area contributed by atoms with Gasteiger partial charge in [-0.3, -0.25) is 4.90 Å². The van der Waals surface area contributed by atoms with Gasteiger partial charge in [-0.05, 0) is 28.8 Å². The molecule has 3 nitrogen and oxygen atoms in total. The van der Waals surface area contributed by atoms with Crippen LogP contribution in [0.25, 0.3) is 0 Å². The molecule has 0 radical (unpaired) electrons. The second kappa shape index (κ2) is 8.21. The van der Waals surface area contributed by atoms with E-state index in [2.05, 4.69) is 107 Å². The van der Waals surface area contributed by atoms with Crippen molar-refractivity contribution >= 4 is 5.69 Å². The van der Waals surface area contributed by atoms with Gasteiger partial charge in [0, 0.05) is 31.5 Å². The summed E-state index contributed by atoms with van der Waals surface area (Å²) in [5.41, 5.74) is 10.8. The smallest absolute Gasteiger partial charge is 0.113 e. The molecule has 0 aliphatic carbocycles. The summed E-state index contributed by atoms with van der Waals surface area (Å²) in [6, 6.07) is 29.9. The van der Waals surface area contributed by atoms with E-state index in [1.807, 2.05) is 0 Å². The van der Waals surface area contributed by atoms with Gasteiger partial charge < -0.3 is 10.6 Å². The third-order valence-corrected chi connectivity index (χ3v) is 4.99. The van der Waals surface area contributed by atoms with Gasteiger partial charge in [0.15, 0.2) is 0 Å². The molecule has 0 spiro atoms. The zero-order valence-electron chi connectivity index (χ0n) is 15.4. The summed E-state index contributed by atoms with van der Waals surface area (Å²) in [6.45, 7) is 2.37. The Balaban J connectivity index is 1.72. The molecule has 0 bridgehead atoms. The second-order valence-electron chi connectivity index (χ2n) is 6.87. The molecule has 3 heteroatoms. The van der Waals surface area contributed by atoms with E-state index in [0.717, 1.165) is 18.7 Å². The van der Waals surface area contributed by atoms with Crippen LogP contribution in [0.4, 0.5) is 5.69 Å². The average Bonchev–Trinajstić information content (AvgIpc) is 2.75. The minimum atomic E-state index is 0.143. The fourth-order valence-electron chi connectivity index (χ4n) is 3.69. The van der Waals surface area contributed by atoms with Crippen molar-refractivity contribution < 1.29 is 0 Å². The first-order chi connectivity index (χ1) is 13.3. The highest BCUT2D eigenvalue weighted by atomic mass is 15.4. The summed E-state index contributed by atoms with van der Waals surface area (Å²) in [5, 5.41) is 0. The first-order valence-electron chi connectivity index (χ1n) is 9.42. The molecule has 0 aromatic heterocycles. The maximum absolute atomic E-state index is 5.88. The van der Waals surface area contributed by atoms with Crippen molar-refractivity contribution in [3.8, 4) is 0 Å². The van der Waals surface area contributed by atoms with Crippen molar-refractivity contribution in [3.63, 3.8) is 0 Å². The van der Waals surface area contributed by atoms with Crippen molar-refractivity contribution in [2.45, 2.75) is 19.3 Å². The third kappa shape index (κ3) is 3.95. The molecule has 1 atom stereocenters. The normalized spacial score (nSPS) is 17.2. The maximum atomic E-state index is 5.88. The lowest BCUT2D eigenvalue weighted by Crippen LogP contribution is -2.42. The molecule has 2 N–H and O–H groups in total. The predicted molar refractivity (Wildman–Crippen MR) is 112 cm³/mol. The molecule has 1 unspecified atom stereocenters. The summed E-state index contributed by atoms with van der Waals surface area (Å²) < 4.78 is 0. The summed E-state index contributed by atoms with van der Waals surface area (Å²) in [7, 11) is 0. The van der Waals surface area contributed by atoms with Crippen molar-refractivity contribution in [2.24, 2.45) is 5.73 Å². The number of rotatable bonds is 5. The minimum Gasteiger partial charge on any atom is -0.328 e. The van der Waals surface area contributed by atoms with Gasteiger partial charge in [0.25, 0.3) is 0 Å². The Morgan fingerprint density at radius 3 is 2.26 bits per heavy atom. The number of hydrogen-bond donors (Lipinski definition) is 1. The molecule has 4 rings (SSSR count). The highest BCUT2D eigenvalue weighted by molar-refractivity contribution is 5.54. The SMILES string of the molecule is NCc1cccc(N2C=CCN(Cc3ccccc3)C2c2ccccc2)c1. The molecule has 3 aromatic rings. The molecule has 3 aromatic carbocycles. The minimum absolute atomic E-state index is 0.143. The first kappa shape index (κ1) is 17.5. The van der Waals surface area contributed by atoms with Crippen LogP contribution in [0.2, 0.25) is 0 Å². The Labute approximate surface area is 161 Å². The van der Waals surface area contributed by atoms with E-state index in [1.54, 1.807) is 0 Å². The summed E-state index contributed by atoms with van der Waals surface area (Å²) in [5.74, 6) is 0. The molecule has 27 heavy (non-hydrogen) atoms.